The van der Waals surface area contributed by atoms with Gasteiger partial charge in [-0.25, -0.2) is 9.97 Å². The van der Waals surface area contributed by atoms with Crippen LogP contribution >= 0.6 is 0 Å². The monoisotopic (exact) mass is 234 g/mol. The van der Waals surface area contributed by atoms with Crippen molar-refractivity contribution in [2.24, 2.45) is 18.7 Å². The Bertz CT molecular complexity index is 506. The van der Waals surface area contributed by atoms with Crippen molar-refractivity contribution in [1.82, 2.24) is 19.7 Å². The Morgan fingerprint density at radius 3 is 2.94 bits per heavy atom. The van der Waals surface area contributed by atoms with Crippen LogP contribution in [0.15, 0.2) is 12.5 Å². The largest absolute Gasteiger partial charge is 0.359 e. The summed E-state index contributed by atoms with van der Waals surface area (Å²) in [5.74, 6) is 1.34. The van der Waals surface area contributed by atoms with E-state index in [0.29, 0.717) is 12.5 Å². The quantitative estimate of drug-likeness (QED) is 0.828. The molecule has 0 spiro atoms. The topological polar surface area (TPSA) is 72.9 Å². The number of hydrogen-bond donors (Lipinski definition) is 1. The maximum Gasteiger partial charge on any atom is 0.163 e. The lowest BCUT2D eigenvalue weighted by Gasteiger charge is -2.21. The van der Waals surface area contributed by atoms with Gasteiger partial charge in [0.15, 0.2) is 5.65 Å². The fourth-order valence-electron chi connectivity index (χ4n) is 1.88. The van der Waals surface area contributed by atoms with Crippen LogP contribution in [0.2, 0.25) is 0 Å². The standard InChI is InChI=1S/C11H18N6/c1-8(4-12)6-16(2)10-9-5-15-17(3)11(9)14-7-13-10/h5,7-8H,4,6,12H2,1-3H3. The summed E-state index contributed by atoms with van der Waals surface area (Å²) in [4.78, 5) is 10.6. The van der Waals surface area contributed by atoms with Gasteiger partial charge in [-0.05, 0) is 12.5 Å². The molecule has 2 aromatic heterocycles. The van der Waals surface area contributed by atoms with Crippen LogP contribution in [0.25, 0.3) is 11.0 Å². The molecule has 17 heavy (non-hydrogen) atoms. The van der Waals surface area contributed by atoms with Crippen molar-refractivity contribution in [1.29, 1.82) is 0 Å². The summed E-state index contributed by atoms with van der Waals surface area (Å²) < 4.78 is 1.75. The first-order valence-corrected chi connectivity index (χ1v) is 5.67. The van der Waals surface area contributed by atoms with Crippen molar-refractivity contribution >= 4 is 16.9 Å². The van der Waals surface area contributed by atoms with Crippen molar-refractivity contribution in [3.8, 4) is 0 Å². The van der Waals surface area contributed by atoms with Crippen LogP contribution in [0.5, 0.6) is 0 Å². The molecule has 0 saturated heterocycles. The zero-order chi connectivity index (χ0) is 12.4. The van der Waals surface area contributed by atoms with E-state index in [1.165, 1.54) is 0 Å². The lowest BCUT2D eigenvalue weighted by Crippen LogP contribution is -2.28. The molecule has 1 atom stereocenters. The molecule has 0 fully saturated rings. The highest BCUT2D eigenvalue weighted by Crippen LogP contribution is 2.21. The number of rotatable bonds is 4. The van der Waals surface area contributed by atoms with Gasteiger partial charge >= 0.3 is 0 Å². The molecule has 2 N–H and O–H groups in total. The number of anilines is 1. The van der Waals surface area contributed by atoms with Crippen molar-refractivity contribution in [3.63, 3.8) is 0 Å². The number of hydrogen-bond acceptors (Lipinski definition) is 5. The molecular weight excluding hydrogens is 216 g/mol. The highest BCUT2D eigenvalue weighted by Gasteiger charge is 2.13. The zero-order valence-electron chi connectivity index (χ0n) is 10.5. The minimum absolute atomic E-state index is 0.432. The van der Waals surface area contributed by atoms with Crippen LogP contribution in [0, 0.1) is 5.92 Å². The van der Waals surface area contributed by atoms with Gasteiger partial charge in [0.25, 0.3) is 0 Å². The van der Waals surface area contributed by atoms with Gasteiger partial charge in [-0.1, -0.05) is 6.92 Å². The minimum atomic E-state index is 0.432. The first kappa shape index (κ1) is 11.8. The lowest BCUT2D eigenvalue weighted by molar-refractivity contribution is 0.588. The molecule has 6 nitrogen and oxygen atoms in total. The first-order valence-electron chi connectivity index (χ1n) is 5.67. The van der Waals surface area contributed by atoms with Gasteiger partial charge in [0.05, 0.1) is 11.6 Å². The molecule has 0 aliphatic rings. The molecule has 0 amide bonds. The summed E-state index contributed by atoms with van der Waals surface area (Å²) in [6, 6.07) is 0. The van der Waals surface area contributed by atoms with Crippen LogP contribution in [0.3, 0.4) is 0 Å². The summed E-state index contributed by atoms with van der Waals surface area (Å²) >= 11 is 0. The highest BCUT2D eigenvalue weighted by molar-refractivity contribution is 5.86. The van der Waals surface area contributed by atoms with Gasteiger partial charge in [-0.2, -0.15) is 5.10 Å². The first-order chi connectivity index (χ1) is 8.13. The van der Waals surface area contributed by atoms with Crippen LogP contribution in [-0.4, -0.2) is 39.9 Å². The third kappa shape index (κ3) is 2.21. The molecule has 0 bridgehead atoms. The SMILES string of the molecule is CC(CN)CN(C)c1ncnc2c1cnn2C. The zero-order valence-corrected chi connectivity index (χ0v) is 10.5. The van der Waals surface area contributed by atoms with E-state index in [-0.39, 0.29) is 0 Å². The lowest BCUT2D eigenvalue weighted by atomic mass is 10.2. The van der Waals surface area contributed by atoms with E-state index < -0.39 is 0 Å². The van der Waals surface area contributed by atoms with Crippen molar-refractivity contribution in [2.75, 3.05) is 25.0 Å². The van der Waals surface area contributed by atoms with E-state index in [1.807, 2.05) is 14.1 Å². The summed E-state index contributed by atoms with van der Waals surface area (Å²) in [6.07, 6.45) is 3.37. The fourth-order valence-corrected chi connectivity index (χ4v) is 1.88. The molecule has 2 rings (SSSR count). The summed E-state index contributed by atoms with van der Waals surface area (Å²) in [5.41, 5.74) is 6.49. The number of aryl methyl sites for hydroxylation is 1. The molecular formula is C11H18N6. The maximum absolute atomic E-state index is 5.64. The van der Waals surface area contributed by atoms with E-state index in [2.05, 4.69) is 26.9 Å². The Balaban J connectivity index is 2.34. The summed E-state index contributed by atoms with van der Waals surface area (Å²) in [7, 11) is 3.89. The minimum Gasteiger partial charge on any atom is -0.359 e. The smallest absolute Gasteiger partial charge is 0.163 e. The third-order valence-electron chi connectivity index (χ3n) is 2.86. The third-order valence-corrected chi connectivity index (χ3v) is 2.86. The molecule has 6 heteroatoms. The summed E-state index contributed by atoms with van der Waals surface area (Å²) in [6.45, 7) is 3.67. The molecule has 0 saturated carbocycles. The predicted molar refractivity (Wildman–Crippen MR) is 67.8 cm³/mol. The highest BCUT2D eigenvalue weighted by atomic mass is 15.3. The van der Waals surface area contributed by atoms with Crippen molar-refractivity contribution in [3.05, 3.63) is 12.5 Å². The number of nitrogens with two attached hydrogens (primary N) is 1. The van der Waals surface area contributed by atoms with Gasteiger partial charge < -0.3 is 10.6 Å². The Kier molecular flexibility index (Phi) is 3.23. The molecule has 92 valence electrons. The Hall–Kier alpha value is -1.69. The Morgan fingerprint density at radius 1 is 1.47 bits per heavy atom. The van der Waals surface area contributed by atoms with Gasteiger partial charge in [0.1, 0.15) is 12.1 Å². The van der Waals surface area contributed by atoms with Crippen molar-refractivity contribution in [2.45, 2.75) is 6.92 Å². The van der Waals surface area contributed by atoms with E-state index in [0.717, 1.165) is 23.4 Å². The molecule has 0 aliphatic heterocycles. The number of fused-ring (bicyclic) bond motifs is 1. The van der Waals surface area contributed by atoms with Crippen molar-refractivity contribution < 1.29 is 0 Å². The number of aromatic nitrogens is 4. The predicted octanol–water partition coefficient (Wildman–Crippen LogP) is 0.394. The Morgan fingerprint density at radius 2 is 2.24 bits per heavy atom. The maximum atomic E-state index is 5.64. The van der Waals surface area contributed by atoms with E-state index in [9.17, 15) is 0 Å². The average molecular weight is 234 g/mol. The van der Waals surface area contributed by atoms with E-state index in [4.69, 9.17) is 5.73 Å². The van der Waals surface area contributed by atoms with E-state index >= 15 is 0 Å². The van der Waals surface area contributed by atoms with Crippen LogP contribution in [0.4, 0.5) is 5.82 Å². The molecule has 0 radical (unpaired) electrons. The van der Waals surface area contributed by atoms with Crippen LogP contribution < -0.4 is 10.6 Å². The van der Waals surface area contributed by atoms with Crippen LogP contribution in [-0.2, 0) is 7.05 Å². The second kappa shape index (κ2) is 4.67. The van der Waals surface area contributed by atoms with Gasteiger partial charge in [-0.3, -0.25) is 4.68 Å². The van der Waals surface area contributed by atoms with Crippen LogP contribution in [0.1, 0.15) is 6.92 Å². The fraction of sp³-hybridized carbons (Fsp3) is 0.545. The molecule has 0 aromatic carbocycles. The second-order valence-corrected chi connectivity index (χ2v) is 4.42. The van der Waals surface area contributed by atoms with E-state index in [1.54, 1.807) is 17.2 Å². The molecule has 2 heterocycles. The Labute approximate surface area is 100 Å². The molecule has 2 aromatic rings. The van der Waals surface area contributed by atoms with Gasteiger partial charge in [-0.15, -0.1) is 0 Å². The second-order valence-electron chi connectivity index (χ2n) is 4.42. The summed E-state index contributed by atoms with van der Waals surface area (Å²) in [5, 5.41) is 5.17. The molecule has 1 unspecified atom stereocenters. The van der Waals surface area contributed by atoms with Gasteiger partial charge in [0.2, 0.25) is 0 Å². The molecule has 0 aliphatic carbocycles. The normalized spacial score (nSPS) is 12.9. The van der Waals surface area contributed by atoms with Gasteiger partial charge in [0, 0.05) is 20.6 Å². The average Bonchev–Trinajstić information content (AvgIpc) is 2.71. The number of nitrogens with zero attached hydrogens (tertiary/aromatic N) is 5.